The van der Waals surface area contributed by atoms with Gasteiger partial charge in [-0.2, -0.15) is 5.26 Å². The van der Waals surface area contributed by atoms with E-state index in [4.69, 9.17) is 5.11 Å². The van der Waals surface area contributed by atoms with E-state index in [0.29, 0.717) is 11.4 Å². The summed E-state index contributed by atoms with van der Waals surface area (Å²) >= 11 is 0. The molecule has 0 aliphatic rings. The Labute approximate surface area is 133 Å². The molecular formula is C18H14N4O. The van der Waals surface area contributed by atoms with Gasteiger partial charge in [-0.3, -0.25) is 4.98 Å². The largest absolute Gasteiger partial charge is 0.392 e. The highest BCUT2D eigenvalue weighted by molar-refractivity contribution is 5.84. The van der Waals surface area contributed by atoms with E-state index < -0.39 is 0 Å². The van der Waals surface area contributed by atoms with Crippen molar-refractivity contribution < 1.29 is 5.11 Å². The fraction of sp³-hybridized carbons (Fsp3) is 0.0556. The van der Waals surface area contributed by atoms with Crippen LogP contribution in [-0.2, 0) is 6.61 Å². The van der Waals surface area contributed by atoms with Gasteiger partial charge in [0.05, 0.1) is 18.2 Å². The van der Waals surface area contributed by atoms with Gasteiger partial charge in [0, 0.05) is 29.8 Å². The maximum Gasteiger partial charge on any atom is 0.130 e. The Bertz CT molecular complexity index is 839. The topological polar surface area (TPSA) is 81.8 Å². The molecule has 5 nitrogen and oxygen atoms in total. The van der Waals surface area contributed by atoms with Crippen molar-refractivity contribution in [1.29, 1.82) is 5.26 Å². The highest BCUT2D eigenvalue weighted by Gasteiger charge is 2.11. The zero-order valence-electron chi connectivity index (χ0n) is 12.3. The summed E-state index contributed by atoms with van der Waals surface area (Å²) in [7, 11) is 0. The number of hydrogen-bond acceptors (Lipinski definition) is 5. The maximum absolute atomic E-state index is 9.40. The van der Waals surface area contributed by atoms with Crippen LogP contribution in [0.4, 0.5) is 11.5 Å². The number of aromatic nitrogens is 2. The van der Waals surface area contributed by atoms with Crippen molar-refractivity contribution in [2.75, 3.05) is 5.32 Å². The van der Waals surface area contributed by atoms with E-state index >= 15 is 0 Å². The minimum atomic E-state index is -0.0422. The molecule has 0 saturated heterocycles. The molecule has 0 aliphatic carbocycles. The molecule has 23 heavy (non-hydrogen) atoms. The minimum Gasteiger partial charge on any atom is -0.392 e. The van der Waals surface area contributed by atoms with Crippen LogP contribution in [0.25, 0.3) is 11.1 Å². The van der Waals surface area contributed by atoms with E-state index in [2.05, 4.69) is 21.4 Å². The van der Waals surface area contributed by atoms with Crippen molar-refractivity contribution in [3.05, 3.63) is 72.2 Å². The fourth-order valence-electron chi connectivity index (χ4n) is 2.31. The highest BCUT2D eigenvalue weighted by atomic mass is 16.3. The van der Waals surface area contributed by atoms with Crippen molar-refractivity contribution in [3.8, 4) is 17.2 Å². The summed E-state index contributed by atoms with van der Waals surface area (Å²) in [4.78, 5) is 8.29. The second-order valence-corrected chi connectivity index (χ2v) is 4.91. The highest BCUT2D eigenvalue weighted by Crippen LogP contribution is 2.32. The van der Waals surface area contributed by atoms with Gasteiger partial charge in [-0.05, 0) is 41.5 Å². The standard InChI is InChI=1S/C18H14N4O/c19-10-15-2-1-3-16(18(15)14-6-8-20-9-7-14)22-17-5-4-13(12-23)11-21-17/h1-9,11,23H,12H2,(H,21,22). The minimum absolute atomic E-state index is 0.0422. The van der Waals surface area contributed by atoms with Crippen LogP contribution in [0.5, 0.6) is 0 Å². The molecule has 0 aliphatic heterocycles. The number of hydrogen-bond donors (Lipinski definition) is 2. The smallest absolute Gasteiger partial charge is 0.130 e. The van der Waals surface area contributed by atoms with Gasteiger partial charge in [-0.15, -0.1) is 0 Å². The van der Waals surface area contributed by atoms with Crippen LogP contribution in [-0.4, -0.2) is 15.1 Å². The zero-order chi connectivity index (χ0) is 16.1. The Balaban J connectivity index is 2.03. The van der Waals surface area contributed by atoms with Gasteiger partial charge in [-0.25, -0.2) is 4.98 Å². The second kappa shape index (κ2) is 6.69. The molecule has 112 valence electrons. The van der Waals surface area contributed by atoms with Gasteiger partial charge in [-0.1, -0.05) is 12.1 Å². The summed E-state index contributed by atoms with van der Waals surface area (Å²) in [5.41, 5.74) is 3.83. The van der Waals surface area contributed by atoms with E-state index in [0.717, 1.165) is 22.4 Å². The lowest BCUT2D eigenvalue weighted by atomic mass is 9.99. The molecule has 2 aromatic heterocycles. The Hall–Kier alpha value is -3.23. The average molecular weight is 302 g/mol. The molecule has 0 bridgehead atoms. The molecule has 3 rings (SSSR count). The van der Waals surface area contributed by atoms with Crippen molar-refractivity contribution in [1.82, 2.24) is 9.97 Å². The molecule has 2 N–H and O–H groups in total. The first-order chi connectivity index (χ1) is 11.3. The first kappa shape index (κ1) is 14.7. The van der Waals surface area contributed by atoms with Crippen LogP contribution in [0.1, 0.15) is 11.1 Å². The summed E-state index contributed by atoms with van der Waals surface area (Å²) < 4.78 is 0. The third-order valence-electron chi connectivity index (χ3n) is 3.42. The van der Waals surface area contributed by atoms with Crippen LogP contribution < -0.4 is 5.32 Å². The predicted molar refractivity (Wildman–Crippen MR) is 87.8 cm³/mol. The lowest BCUT2D eigenvalue weighted by Gasteiger charge is -2.13. The first-order valence-corrected chi connectivity index (χ1v) is 7.08. The number of aliphatic hydroxyl groups excluding tert-OH is 1. The van der Waals surface area contributed by atoms with Crippen LogP contribution in [0.2, 0.25) is 0 Å². The molecule has 0 spiro atoms. The zero-order valence-corrected chi connectivity index (χ0v) is 12.3. The Morgan fingerprint density at radius 2 is 1.91 bits per heavy atom. The van der Waals surface area contributed by atoms with Crippen molar-refractivity contribution in [2.24, 2.45) is 0 Å². The van der Waals surface area contributed by atoms with Crippen LogP contribution in [0.15, 0.2) is 61.1 Å². The molecule has 1 aromatic carbocycles. The van der Waals surface area contributed by atoms with E-state index in [1.54, 1.807) is 36.8 Å². The summed E-state index contributed by atoms with van der Waals surface area (Å²) in [6.45, 7) is -0.0422. The first-order valence-electron chi connectivity index (χ1n) is 7.08. The molecule has 3 aromatic rings. The third kappa shape index (κ3) is 3.18. The monoisotopic (exact) mass is 302 g/mol. The van der Waals surface area contributed by atoms with E-state index in [1.165, 1.54) is 0 Å². The molecule has 0 amide bonds. The average Bonchev–Trinajstić information content (AvgIpc) is 2.63. The summed E-state index contributed by atoms with van der Waals surface area (Å²) in [5.74, 6) is 0.646. The molecule has 5 heteroatoms. The normalized spacial score (nSPS) is 10.1. The number of nitriles is 1. The van der Waals surface area contributed by atoms with Gasteiger partial charge >= 0.3 is 0 Å². The number of benzene rings is 1. The molecule has 0 saturated carbocycles. The van der Waals surface area contributed by atoms with E-state index in [1.807, 2.05) is 24.3 Å². The van der Waals surface area contributed by atoms with Crippen LogP contribution >= 0.6 is 0 Å². The van der Waals surface area contributed by atoms with Gasteiger partial charge < -0.3 is 10.4 Å². The summed E-state index contributed by atoms with van der Waals surface area (Å²) in [6.07, 6.45) is 5.01. The van der Waals surface area contributed by atoms with Crippen LogP contribution in [0.3, 0.4) is 0 Å². The number of pyridine rings is 2. The number of anilines is 2. The van der Waals surface area contributed by atoms with Crippen molar-refractivity contribution >= 4 is 11.5 Å². The maximum atomic E-state index is 9.40. The number of aliphatic hydroxyl groups is 1. The van der Waals surface area contributed by atoms with Gasteiger partial charge in [0.15, 0.2) is 0 Å². The molecule has 0 radical (unpaired) electrons. The van der Waals surface area contributed by atoms with Gasteiger partial charge in [0.25, 0.3) is 0 Å². The van der Waals surface area contributed by atoms with E-state index in [9.17, 15) is 5.26 Å². The number of nitrogens with zero attached hydrogens (tertiary/aromatic N) is 3. The molecule has 0 unspecified atom stereocenters. The van der Waals surface area contributed by atoms with Crippen molar-refractivity contribution in [3.63, 3.8) is 0 Å². The molecule has 2 heterocycles. The lowest BCUT2D eigenvalue weighted by molar-refractivity contribution is 0.281. The number of rotatable bonds is 4. The van der Waals surface area contributed by atoms with E-state index in [-0.39, 0.29) is 6.61 Å². The number of nitrogens with one attached hydrogen (secondary N) is 1. The lowest BCUT2D eigenvalue weighted by Crippen LogP contribution is -1.98. The molecular weight excluding hydrogens is 288 g/mol. The Kier molecular flexibility index (Phi) is 4.27. The predicted octanol–water partition coefficient (Wildman–Crippen LogP) is 3.25. The van der Waals surface area contributed by atoms with Crippen LogP contribution in [0, 0.1) is 11.3 Å². The second-order valence-electron chi connectivity index (χ2n) is 4.91. The van der Waals surface area contributed by atoms with Gasteiger partial charge in [0.1, 0.15) is 5.82 Å². The van der Waals surface area contributed by atoms with Crippen molar-refractivity contribution in [2.45, 2.75) is 6.61 Å². The SMILES string of the molecule is N#Cc1cccc(Nc2ccc(CO)cn2)c1-c1ccncc1. The fourth-order valence-corrected chi connectivity index (χ4v) is 2.31. The summed E-state index contributed by atoms with van der Waals surface area (Å²) in [6, 6.07) is 15.1. The quantitative estimate of drug-likeness (QED) is 0.773. The Morgan fingerprint density at radius 3 is 2.57 bits per heavy atom. The molecule has 0 fully saturated rings. The Morgan fingerprint density at radius 1 is 1.09 bits per heavy atom. The molecule has 0 atom stereocenters. The summed E-state index contributed by atoms with van der Waals surface area (Å²) in [5, 5.41) is 21.7. The third-order valence-corrected chi connectivity index (χ3v) is 3.42. The van der Waals surface area contributed by atoms with Gasteiger partial charge in [0.2, 0.25) is 0 Å².